The number of carbonyl (C=O) groups is 1. The molecule has 0 aromatic heterocycles. The van der Waals surface area contributed by atoms with Gasteiger partial charge in [-0.05, 0) is 53.2 Å². The minimum absolute atomic E-state index is 0.0696. The molecule has 24 heavy (non-hydrogen) atoms. The second-order valence-corrected chi connectivity index (χ2v) is 7.53. The lowest BCUT2D eigenvalue weighted by Crippen LogP contribution is -2.33. The van der Waals surface area contributed by atoms with Crippen molar-refractivity contribution in [3.05, 3.63) is 58.6 Å². The zero-order valence-corrected chi connectivity index (χ0v) is 15.3. The second kappa shape index (κ2) is 7.78. The fraction of sp³-hybridized carbons (Fsp3) is 0.188. The number of nitrogens with one attached hydrogen (secondary N) is 1. The van der Waals surface area contributed by atoms with Gasteiger partial charge in [-0.1, -0.05) is 18.2 Å². The lowest BCUT2D eigenvalue weighted by molar-refractivity contribution is 0.0932. The Labute approximate surface area is 149 Å². The van der Waals surface area contributed by atoms with Crippen LogP contribution in [0.4, 0.5) is 0 Å². The predicted octanol–water partition coefficient (Wildman–Crippen LogP) is 2.29. The summed E-state index contributed by atoms with van der Waals surface area (Å²) in [6.07, 6.45) is -0.219. The summed E-state index contributed by atoms with van der Waals surface area (Å²) in [6.45, 7) is 2.15. The molecule has 3 N–H and O–H groups in total. The van der Waals surface area contributed by atoms with Crippen LogP contribution in [0.5, 0.6) is 5.75 Å². The van der Waals surface area contributed by atoms with Crippen LogP contribution in [0.25, 0.3) is 0 Å². The summed E-state index contributed by atoms with van der Waals surface area (Å²) < 4.78 is 28.6. The summed E-state index contributed by atoms with van der Waals surface area (Å²) in [4.78, 5) is 12.1. The summed E-state index contributed by atoms with van der Waals surface area (Å²) in [6, 6.07) is 13.4. The number of ether oxygens (including phenoxy) is 1. The van der Waals surface area contributed by atoms with Gasteiger partial charge in [-0.25, -0.2) is 13.6 Å². The molecule has 0 saturated heterocycles. The van der Waals surface area contributed by atoms with Gasteiger partial charge < -0.3 is 10.1 Å². The number of benzene rings is 2. The highest BCUT2D eigenvalue weighted by atomic mass is 79.9. The van der Waals surface area contributed by atoms with Crippen molar-refractivity contribution in [1.82, 2.24) is 5.32 Å². The van der Waals surface area contributed by atoms with Crippen LogP contribution in [0.2, 0.25) is 0 Å². The van der Waals surface area contributed by atoms with Gasteiger partial charge in [-0.2, -0.15) is 0 Å². The fourth-order valence-corrected chi connectivity index (χ4v) is 3.63. The molecule has 0 fully saturated rings. The van der Waals surface area contributed by atoms with E-state index in [0.717, 1.165) is 5.75 Å². The van der Waals surface area contributed by atoms with E-state index in [1.54, 1.807) is 0 Å². The Bertz CT molecular complexity index is 825. The molecule has 0 bridgehead atoms. The number of hydrogen-bond acceptors (Lipinski definition) is 4. The molecule has 0 aliphatic heterocycles. The Morgan fingerprint density at radius 1 is 1.25 bits per heavy atom. The maximum absolute atomic E-state index is 12.1. The van der Waals surface area contributed by atoms with Gasteiger partial charge in [0.15, 0.2) is 0 Å². The smallest absolute Gasteiger partial charge is 0.251 e. The van der Waals surface area contributed by atoms with Crippen LogP contribution in [0.15, 0.2) is 57.9 Å². The molecule has 2 rings (SSSR count). The van der Waals surface area contributed by atoms with Crippen molar-refractivity contribution in [3.63, 3.8) is 0 Å². The van der Waals surface area contributed by atoms with Crippen LogP contribution in [0, 0.1) is 0 Å². The average molecular weight is 413 g/mol. The van der Waals surface area contributed by atoms with Crippen molar-refractivity contribution in [2.45, 2.75) is 17.9 Å². The molecular weight excluding hydrogens is 396 g/mol. The van der Waals surface area contributed by atoms with E-state index >= 15 is 0 Å². The molecule has 1 amide bonds. The first-order valence-electron chi connectivity index (χ1n) is 7.09. The SMILES string of the molecule is C[C@H](CNC(=O)c1ccc(S(N)(=O)=O)c(Br)c1)Oc1ccccc1. The van der Waals surface area contributed by atoms with Crippen molar-refractivity contribution in [3.8, 4) is 5.75 Å². The maximum atomic E-state index is 12.1. The van der Waals surface area contributed by atoms with E-state index in [-0.39, 0.29) is 21.4 Å². The lowest BCUT2D eigenvalue weighted by Gasteiger charge is -2.15. The van der Waals surface area contributed by atoms with Crippen LogP contribution < -0.4 is 15.2 Å². The van der Waals surface area contributed by atoms with Crippen LogP contribution in [-0.2, 0) is 10.0 Å². The molecule has 1 atom stereocenters. The number of nitrogens with two attached hydrogens (primary N) is 1. The lowest BCUT2D eigenvalue weighted by atomic mass is 10.2. The molecule has 0 aliphatic rings. The Kier molecular flexibility index (Phi) is 5.98. The second-order valence-electron chi connectivity index (χ2n) is 5.14. The highest BCUT2D eigenvalue weighted by Crippen LogP contribution is 2.22. The molecule has 0 spiro atoms. The van der Waals surface area contributed by atoms with Gasteiger partial charge in [0.25, 0.3) is 5.91 Å². The summed E-state index contributed by atoms with van der Waals surface area (Å²) in [5.41, 5.74) is 0.321. The third-order valence-electron chi connectivity index (χ3n) is 3.13. The normalized spacial score (nSPS) is 12.5. The summed E-state index contributed by atoms with van der Waals surface area (Å²) in [5, 5.41) is 7.82. The quantitative estimate of drug-likeness (QED) is 0.759. The minimum Gasteiger partial charge on any atom is -0.489 e. The van der Waals surface area contributed by atoms with Crippen molar-refractivity contribution in [2.24, 2.45) is 5.14 Å². The van der Waals surface area contributed by atoms with Gasteiger partial charge >= 0.3 is 0 Å². The monoisotopic (exact) mass is 412 g/mol. The Morgan fingerprint density at radius 3 is 2.50 bits per heavy atom. The zero-order valence-electron chi connectivity index (χ0n) is 12.9. The molecule has 0 radical (unpaired) electrons. The summed E-state index contributed by atoms with van der Waals surface area (Å²) in [5.74, 6) is 0.389. The Hall–Kier alpha value is -1.90. The molecule has 2 aromatic carbocycles. The van der Waals surface area contributed by atoms with Crippen LogP contribution >= 0.6 is 15.9 Å². The van der Waals surface area contributed by atoms with Gasteiger partial charge in [0.2, 0.25) is 10.0 Å². The van der Waals surface area contributed by atoms with Crippen molar-refractivity contribution in [1.29, 1.82) is 0 Å². The number of amides is 1. The molecule has 6 nitrogen and oxygen atoms in total. The standard InChI is InChI=1S/C16H17BrN2O4S/c1-11(23-13-5-3-2-4-6-13)10-19-16(20)12-7-8-15(14(17)9-12)24(18,21)22/h2-9,11H,10H2,1H3,(H,19,20)(H2,18,21,22)/t11-/m1/s1. The number of sulfonamides is 1. The van der Waals surface area contributed by atoms with E-state index < -0.39 is 10.0 Å². The molecule has 128 valence electrons. The van der Waals surface area contributed by atoms with Crippen LogP contribution in [0.1, 0.15) is 17.3 Å². The summed E-state index contributed by atoms with van der Waals surface area (Å²) >= 11 is 3.11. The van der Waals surface area contributed by atoms with Gasteiger partial charge in [0.05, 0.1) is 11.4 Å². The van der Waals surface area contributed by atoms with Gasteiger partial charge in [0.1, 0.15) is 11.9 Å². The van der Waals surface area contributed by atoms with Gasteiger partial charge in [-0.3, -0.25) is 4.79 Å². The molecule has 2 aromatic rings. The molecule has 0 unspecified atom stereocenters. The van der Waals surface area contributed by atoms with Crippen molar-refractivity contribution >= 4 is 31.9 Å². The van der Waals surface area contributed by atoms with Crippen molar-refractivity contribution < 1.29 is 17.9 Å². The molecule has 8 heteroatoms. The third-order valence-corrected chi connectivity index (χ3v) is 5.02. The first-order chi connectivity index (χ1) is 11.3. The van der Waals surface area contributed by atoms with Crippen LogP contribution in [-0.4, -0.2) is 27.0 Å². The van der Waals surface area contributed by atoms with Gasteiger partial charge in [-0.15, -0.1) is 0 Å². The first kappa shape index (κ1) is 18.4. The number of carbonyl (C=O) groups excluding carboxylic acids is 1. The Balaban J connectivity index is 1.96. The van der Waals surface area contributed by atoms with Crippen molar-refractivity contribution in [2.75, 3.05) is 6.54 Å². The zero-order chi connectivity index (χ0) is 17.7. The fourth-order valence-electron chi connectivity index (χ4n) is 1.98. The highest BCUT2D eigenvalue weighted by molar-refractivity contribution is 9.10. The van der Waals surface area contributed by atoms with Gasteiger partial charge in [0, 0.05) is 10.0 Å². The van der Waals surface area contributed by atoms with E-state index in [4.69, 9.17) is 9.88 Å². The molecule has 0 saturated carbocycles. The third kappa shape index (κ3) is 5.05. The van der Waals surface area contributed by atoms with E-state index in [1.165, 1.54) is 18.2 Å². The first-order valence-corrected chi connectivity index (χ1v) is 9.43. The number of primary sulfonamides is 1. The largest absolute Gasteiger partial charge is 0.489 e. The number of para-hydroxylation sites is 1. The molecule has 0 heterocycles. The molecular formula is C16H17BrN2O4S. The average Bonchev–Trinajstić information content (AvgIpc) is 2.52. The topological polar surface area (TPSA) is 98.5 Å². The Morgan fingerprint density at radius 2 is 1.92 bits per heavy atom. The van der Waals surface area contributed by atoms with Crippen LogP contribution in [0.3, 0.4) is 0 Å². The summed E-state index contributed by atoms with van der Waals surface area (Å²) in [7, 11) is -3.83. The van der Waals surface area contributed by atoms with E-state index in [0.29, 0.717) is 12.1 Å². The number of hydrogen-bond donors (Lipinski definition) is 2. The maximum Gasteiger partial charge on any atom is 0.251 e. The number of halogens is 1. The molecule has 0 aliphatic carbocycles. The highest BCUT2D eigenvalue weighted by Gasteiger charge is 2.15. The number of rotatable bonds is 6. The minimum atomic E-state index is -3.83. The van der Waals surface area contributed by atoms with E-state index in [1.807, 2.05) is 37.3 Å². The van der Waals surface area contributed by atoms with E-state index in [9.17, 15) is 13.2 Å². The predicted molar refractivity (Wildman–Crippen MR) is 94.4 cm³/mol. The van der Waals surface area contributed by atoms with E-state index in [2.05, 4.69) is 21.2 Å².